The zero-order valence-corrected chi connectivity index (χ0v) is 12.1. The molecule has 0 fully saturated rings. The van der Waals surface area contributed by atoms with Crippen molar-refractivity contribution >= 4 is 17.6 Å². The topological polar surface area (TPSA) is 49.8 Å². The molecule has 1 N–H and O–H groups in total. The molecule has 0 saturated carbocycles. The third-order valence-electron chi connectivity index (χ3n) is 2.97. The van der Waals surface area contributed by atoms with Crippen LogP contribution in [0.15, 0.2) is 24.3 Å². The van der Waals surface area contributed by atoms with E-state index in [1.807, 2.05) is 32.0 Å². The summed E-state index contributed by atoms with van der Waals surface area (Å²) in [5.74, 6) is -0.121. The van der Waals surface area contributed by atoms with Gasteiger partial charge in [-0.15, -0.1) is 0 Å². The van der Waals surface area contributed by atoms with E-state index in [2.05, 4.69) is 4.90 Å². The quantitative estimate of drug-likeness (QED) is 0.798. The number of likely N-dealkylation sites (N-methyl/N-ethyl adjacent to an activating group) is 1. The van der Waals surface area contributed by atoms with Crippen molar-refractivity contribution in [3.05, 3.63) is 29.3 Å². The lowest BCUT2D eigenvalue weighted by atomic mass is 10.2. The van der Waals surface area contributed by atoms with Gasteiger partial charge in [-0.05, 0) is 25.6 Å². The van der Waals surface area contributed by atoms with Crippen LogP contribution >= 0.6 is 11.6 Å². The van der Waals surface area contributed by atoms with Gasteiger partial charge in [-0.2, -0.15) is 0 Å². The van der Waals surface area contributed by atoms with E-state index in [1.54, 1.807) is 6.07 Å². The van der Waals surface area contributed by atoms with Gasteiger partial charge >= 0.3 is 5.97 Å². The number of carboxylic acids is 1. The van der Waals surface area contributed by atoms with Gasteiger partial charge in [0.2, 0.25) is 0 Å². The molecule has 1 rings (SSSR count). The first-order valence-electron chi connectivity index (χ1n) is 6.37. The van der Waals surface area contributed by atoms with Crippen molar-refractivity contribution in [1.29, 1.82) is 0 Å². The van der Waals surface area contributed by atoms with E-state index >= 15 is 0 Å². The molecule has 19 heavy (non-hydrogen) atoms. The fraction of sp³-hybridized carbons (Fsp3) is 0.500. The Balaban J connectivity index is 2.42. The molecule has 0 radical (unpaired) electrons. The van der Waals surface area contributed by atoms with Gasteiger partial charge in [0, 0.05) is 12.6 Å². The maximum absolute atomic E-state index is 10.7. The highest BCUT2D eigenvalue weighted by molar-refractivity contribution is 6.32. The summed E-state index contributed by atoms with van der Waals surface area (Å²) < 4.78 is 5.60. The minimum atomic E-state index is -0.780. The van der Waals surface area contributed by atoms with Crippen LogP contribution in [0.25, 0.3) is 0 Å². The van der Waals surface area contributed by atoms with Gasteiger partial charge in [-0.1, -0.05) is 30.7 Å². The number of halogens is 1. The van der Waals surface area contributed by atoms with Crippen LogP contribution in [0.5, 0.6) is 5.75 Å². The lowest BCUT2D eigenvalue weighted by Crippen LogP contribution is -2.37. The second-order valence-electron chi connectivity index (χ2n) is 4.35. The molecule has 0 amide bonds. The number of rotatable bonds is 8. The van der Waals surface area contributed by atoms with Gasteiger partial charge in [0.05, 0.1) is 11.4 Å². The van der Waals surface area contributed by atoms with Gasteiger partial charge < -0.3 is 9.84 Å². The Kier molecular flexibility index (Phi) is 6.67. The predicted octanol–water partition coefficient (Wildman–Crippen LogP) is 2.90. The largest absolute Gasteiger partial charge is 0.491 e. The molecule has 1 atom stereocenters. The monoisotopic (exact) mass is 285 g/mol. The van der Waals surface area contributed by atoms with E-state index < -0.39 is 5.97 Å². The fourth-order valence-electron chi connectivity index (χ4n) is 1.91. The van der Waals surface area contributed by atoms with Gasteiger partial charge in [0.25, 0.3) is 0 Å². The molecule has 0 spiro atoms. The summed E-state index contributed by atoms with van der Waals surface area (Å²) in [6.45, 7) is 5.87. The summed E-state index contributed by atoms with van der Waals surface area (Å²) in [4.78, 5) is 12.8. The average molecular weight is 286 g/mol. The first kappa shape index (κ1) is 15.8. The molecule has 106 valence electrons. The van der Waals surface area contributed by atoms with Crippen LogP contribution in [0.4, 0.5) is 0 Å². The molecule has 1 aromatic carbocycles. The van der Waals surface area contributed by atoms with Gasteiger partial charge in [-0.25, -0.2) is 0 Å². The summed E-state index contributed by atoms with van der Waals surface area (Å²) >= 11 is 5.99. The zero-order chi connectivity index (χ0) is 14.3. The Morgan fingerprint density at radius 3 is 2.74 bits per heavy atom. The van der Waals surface area contributed by atoms with Gasteiger partial charge in [0.15, 0.2) is 0 Å². The molecule has 0 heterocycles. The van der Waals surface area contributed by atoms with E-state index in [0.717, 1.165) is 6.54 Å². The lowest BCUT2D eigenvalue weighted by Gasteiger charge is -2.26. The SMILES string of the molecule is CCN(CCOc1ccccc1Cl)C(C)CC(=O)O. The van der Waals surface area contributed by atoms with E-state index in [4.69, 9.17) is 21.4 Å². The molecule has 4 nitrogen and oxygen atoms in total. The molecule has 0 aliphatic rings. The second-order valence-corrected chi connectivity index (χ2v) is 4.76. The third-order valence-corrected chi connectivity index (χ3v) is 3.28. The van der Waals surface area contributed by atoms with Crippen LogP contribution in [0, 0.1) is 0 Å². The van der Waals surface area contributed by atoms with Crippen LogP contribution in [-0.2, 0) is 4.79 Å². The summed E-state index contributed by atoms with van der Waals surface area (Å²) in [6, 6.07) is 7.31. The van der Waals surface area contributed by atoms with E-state index in [-0.39, 0.29) is 12.5 Å². The standard InChI is InChI=1S/C14H20ClNO3/c1-3-16(11(2)10-14(17)18)8-9-19-13-7-5-4-6-12(13)15/h4-7,11H,3,8-10H2,1-2H3,(H,17,18). The van der Waals surface area contributed by atoms with Crippen LogP contribution in [-0.4, -0.2) is 41.7 Å². The second kappa shape index (κ2) is 8.02. The number of aliphatic carboxylic acids is 1. The smallest absolute Gasteiger partial charge is 0.304 e. The van der Waals surface area contributed by atoms with Gasteiger partial charge in [0.1, 0.15) is 12.4 Å². The maximum atomic E-state index is 10.7. The number of carboxylic acid groups (broad SMARTS) is 1. The Bertz CT molecular complexity index is 411. The summed E-state index contributed by atoms with van der Waals surface area (Å²) in [6.07, 6.45) is 0.139. The van der Waals surface area contributed by atoms with Crippen molar-refractivity contribution < 1.29 is 14.6 Å². The molecule has 0 aromatic heterocycles. The van der Waals surface area contributed by atoms with Crippen LogP contribution < -0.4 is 4.74 Å². The Morgan fingerprint density at radius 1 is 1.47 bits per heavy atom. The predicted molar refractivity (Wildman–Crippen MR) is 75.9 cm³/mol. The van der Waals surface area contributed by atoms with Crippen molar-refractivity contribution in [3.63, 3.8) is 0 Å². The summed E-state index contributed by atoms with van der Waals surface area (Å²) in [7, 11) is 0. The normalized spacial score (nSPS) is 12.4. The minimum absolute atomic E-state index is 0.00246. The first-order valence-corrected chi connectivity index (χ1v) is 6.75. The van der Waals surface area contributed by atoms with Crippen molar-refractivity contribution in [2.24, 2.45) is 0 Å². The summed E-state index contributed by atoms with van der Waals surface area (Å²) in [5, 5.41) is 9.38. The lowest BCUT2D eigenvalue weighted by molar-refractivity contribution is -0.138. The van der Waals surface area contributed by atoms with Crippen molar-refractivity contribution in [2.75, 3.05) is 19.7 Å². The molecule has 5 heteroatoms. The highest BCUT2D eigenvalue weighted by atomic mass is 35.5. The molecule has 0 bridgehead atoms. The first-order chi connectivity index (χ1) is 9.04. The van der Waals surface area contributed by atoms with Crippen molar-refractivity contribution in [2.45, 2.75) is 26.3 Å². The highest BCUT2D eigenvalue weighted by Crippen LogP contribution is 2.22. The van der Waals surface area contributed by atoms with E-state index in [9.17, 15) is 4.79 Å². The number of hydrogen-bond acceptors (Lipinski definition) is 3. The minimum Gasteiger partial charge on any atom is -0.491 e. The highest BCUT2D eigenvalue weighted by Gasteiger charge is 2.15. The van der Waals surface area contributed by atoms with E-state index in [0.29, 0.717) is 23.9 Å². The molecule has 0 aliphatic carbocycles. The number of hydrogen-bond donors (Lipinski definition) is 1. The van der Waals surface area contributed by atoms with Crippen molar-refractivity contribution in [3.8, 4) is 5.75 Å². The van der Waals surface area contributed by atoms with Crippen molar-refractivity contribution in [1.82, 2.24) is 4.90 Å². The molecule has 0 aliphatic heterocycles. The number of nitrogens with zero attached hydrogens (tertiary/aromatic N) is 1. The van der Waals surface area contributed by atoms with Crippen LogP contribution in [0.3, 0.4) is 0 Å². The van der Waals surface area contributed by atoms with E-state index in [1.165, 1.54) is 0 Å². The summed E-state index contributed by atoms with van der Waals surface area (Å²) in [5.41, 5.74) is 0. The molecule has 0 saturated heterocycles. The molecule has 1 unspecified atom stereocenters. The Morgan fingerprint density at radius 2 is 2.16 bits per heavy atom. The third kappa shape index (κ3) is 5.49. The molecule has 1 aromatic rings. The molecular formula is C14H20ClNO3. The Labute approximate surface area is 118 Å². The zero-order valence-electron chi connectivity index (χ0n) is 11.3. The fourth-order valence-corrected chi connectivity index (χ4v) is 2.10. The average Bonchev–Trinajstić information content (AvgIpc) is 2.35. The van der Waals surface area contributed by atoms with Crippen LogP contribution in [0.1, 0.15) is 20.3 Å². The number of ether oxygens (including phenoxy) is 1. The van der Waals surface area contributed by atoms with Gasteiger partial charge in [-0.3, -0.25) is 9.69 Å². The number of para-hydroxylation sites is 1. The number of benzene rings is 1. The molecular weight excluding hydrogens is 266 g/mol. The Hall–Kier alpha value is -1.26. The number of carbonyl (C=O) groups is 1. The van der Waals surface area contributed by atoms with Crippen LogP contribution in [0.2, 0.25) is 5.02 Å². The maximum Gasteiger partial charge on any atom is 0.304 e.